The van der Waals surface area contributed by atoms with Crippen LogP contribution in [0.1, 0.15) is 23.6 Å². The second-order valence-corrected chi connectivity index (χ2v) is 6.97. The molecule has 0 aliphatic carbocycles. The lowest BCUT2D eigenvalue weighted by Crippen LogP contribution is -2.33. The molecule has 1 aliphatic heterocycles. The fraction of sp³-hybridized carbons (Fsp3) is 0.368. The topological polar surface area (TPSA) is 6.48 Å². The van der Waals surface area contributed by atoms with Crippen LogP contribution in [0.2, 0.25) is 0 Å². The van der Waals surface area contributed by atoms with E-state index >= 15 is 0 Å². The van der Waals surface area contributed by atoms with Gasteiger partial charge in [-0.3, -0.25) is 4.90 Å². The summed E-state index contributed by atoms with van der Waals surface area (Å²) in [4.78, 5) is 5.06. The third-order valence-electron chi connectivity index (χ3n) is 4.42. The number of hydrogen-bond donors (Lipinski definition) is 0. The average molecular weight is 359 g/mol. The van der Waals surface area contributed by atoms with Crippen molar-refractivity contribution in [2.75, 3.05) is 33.2 Å². The number of benzene rings is 2. The minimum absolute atomic E-state index is 0.348. The molecule has 2 aromatic rings. The number of nitrogens with zero attached hydrogens (tertiary/aromatic N) is 2. The molecular weight excluding hydrogens is 336 g/mol. The largest absolute Gasteiger partial charge is 0.305 e. The van der Waals surface area contributed by atoms with E-state index in [1.807, 2.05) is 0 Å². The lowest BCUT2D eigenvalue weighted by atomic mass is 9.97. The number of rotatable bonds is 3. The molecule has 1 atom stereocenters. The summed E-state index contributed by atoms with van der Waals surface area (Å²) >= 11 is 3.55. The molecule has 0 bridgehead atoms. The van der Waals surface area contributed by atoms with Crippen molar-refractivity contribution in [2.45, 2.75) is 12.5 Å². The maximum absolute atomic E-state index is 3.55. The van der Waals surface area contributed by atoms with Crippen LogP contribution >= 0.6 is 15.9 Å². The Kier molecular flexibility index (Phi) is 5.29. The Hall–Kier alpha value is -1.16. The summed E-state index contributed by atoms with van der Waals surface area (Å²) in [5, 5.41) is 0. The first-order chi connectivity index (χ1) is 10.7. The first kappa shape index (κ1) is 15.7. The van der Waals surface area contributed by atoms with E-state index in [9.17, 15) is 0 Å². The molecule has 2 aromatic carbocycles. The van der Waals surface area contributed by atoms with Gasteiger partial charge < -0.3 is 4.90 Å². The van der Waals surface area contributed by atoms with Gasteiger partial charge in [-0.15, -0.1) is 0 Å². The Bertz CT molecular complexity index is 582. The summed E-state index contributed by atoms with van der Waals surface area (Å²) in [6, 6.07) is 20.0. The molecule has 1 aliphatic rings. The van der Waals surface area contributed by atoms with E-state index in [-0.39, 0.29) is 0 Å². The number of likely N-dealkylation sites (N-methyl/N-ethyl adjacent to an activating group) is 1. The molecule has 1 saturated heterocycles. The van der Waals surface area contributed by atoms with Crippen molar-refractivity contribution in [3.8, 4) is 0 Å². The van der Waals surface area contributed by atoms with E-state index in [1.165, 1.54) is 24.1 Å². The van der Waals surface area contributed by atoms with Gasteiger partial charge >= 0.3 is 0 Å². The standard InChI is InChI=1S/C19H23BrN2/c1-21-12-5-13-22(15-14-21)19(16-6-3-2-4-7-16)17-8-10-18(20)11-9-17/h2-4,6-11,19H,5,12-15H2,1H3. The summed E-state index contributed by atoms with van der Waals surface area (Å²) in [5.41, 5.74) is 2.76. The highest BCUT2D eigenvalue weighted by Crippen LogP contribution is 2.30. The number of halogens is 1. The van der Waals surface area contributed by atoms with Crippen molar-refractivity contribution in [2.24, 2.45) is 0 Å². The Morgan fingerprint density at radius 1 is 0.818 bits per heavy atom. The Labute approximate surface area is 141 Å². The fourth-order valence-corrected chi connectivity index (χ4v) is 3.48. The molecule has 1 heterocycles. The maximum atomic E-state index is 3.55. The van der Waals surface area contributed by atoms with Gasteiger partial charge in [0, 0.05) is 24.1 Å². The average Bonchev–Trinajstić information content (AvgIpc) is 2.76. The van der Waals surface area contributed by atoms with E-state index in [4.69, 9.17) is 0 Å². The molecule has 2 nitrogen and oxygen atoms in total. The third-order valence-corrected chi connectivity index (χ3v) is 4.95. The molecule has 0 amide bonds. The van der Waals surface area contributed by atoms with Crippen molar-refractivity contribution < 1.29 is 0 Å². The van der Waals surface area contributed by atoms with Crippen LogP contribution in [0.25, 0.3) is 0 Å². The fourth-order valence-electron chi connectivity index (χ4n) is 3.22. The monoisotopic (exact) mass is 358 g/mol. The zero-order valence-electron chi connectivity index (χ0n) is 13.1. The summed E-state index contributed by atoms with van der Waals surface area (Å²) in [5.74, 6) is 0. The SMILES string of the molecule is CN1CCCN(C(c2ccccc2)c2ccc(Br)cc2)CC1. The van der Waals surface area contributed by atoms with Gasteiger partial charge in [-0.25, -0.2) is 0 Å². The Morgan fingerprint density at radius 2 is 1.50 bits per heavy atom. The van der Waals surface area contributed by atoms with E-state index in [2.05, 4.69) is 87.4 Å². The molecule has 1 fully saturated rings. The molecule has 0 spiro atoms. The van der Waals surface area contributed by atoms with Crippen LogP contribution in [0.3, 0.4) is 0 Å². The predicted molar refractivity (Wildman–Crippen MR) is 96.1 cm³/mol. The van der Waals surface area contributed by atoms with Crippen LogP contribution in [0.4, 0.5) is 0 Å². The summed E-state index contributed by atoms with van der Waals surface area (Å²) in [7, 11) is 2.22. The maximum Gasteiger partial charge on any atom is 0.0602 e. The van der Waals surface area contributed by atoms with Gasteiger partial charge in [0.2, 0.25) is 0 Å². The predicted octanol–water partition coefficient (Wildman–Crippen LogP) is 4.18. The van der Waals surface area contributed by atoms with E-state index < -0.39 is 0 Å². The van der Waals surface area contributed by atoms with Crippen LogP contribution in [0, 0.1) is 0 Å². The second kappa shape index (κ2) is 7.40. The molecule has 1 unspecified atom stereocenters. The van der Waals surface area contributed by atoms with E-state index in [0.29, 0.717) is 6.04 Å². The van der Waals surface area contributed by atoms with E-state index in [1.54, 1.807) is 0 Å². The van der Waals surface area contributed by atoms with Gasteiger partial charge in [0.15, 0.2) is 0 Å². The summed E-state index contributed by atoms with van der Waals surface area (Å²) < 4.78 is 1.14. The molecule has 3 heteroatoms. The zero-order valence-corrected chi connectivity index (χ0v) is 14.7. The Morgan fingerprint density at radius 3 is 2.23 bits per heavy atom. The molecule has 0 N–H and O–H groups in total. The van der Waals surface area contributed by atoms with Crippen molar-refractivity contribution in [1.29, 1.82) is 0 Å². The highest BCUT2D eigenvalue weighted by atomic mass is 79.9. The van der Waals surface area contributed by atoms with Crippen molar-refractivity contribution in [1.82, 2.24) is 9.80 Å². The molecule has 0 radical (unpaired) electrons. The Balaban J connectivity index is 1.94. The van der Waals surface area contributed by atoms with E-state index in [0.717, 1.165) is 24.1 Å². The minimum Gasteiger partial charge on any atom is -0.305 e. The van der Waals surface area contributed by atoms with Crippen molar-refractivity contribution >= 4 is 15.9 Å². The van der Waals surface area contributed by atoms with Crippen LogP contribution in [0.5, 0.6) is 0 Å². The zero-order chi connectivity index (χ0) is 15.4. The van der Waals surface area contributed by atoms with Crippen molar-refractivity contribution in [3.05, 3.63) is 70.2 Å². The number of hydrogen-bond acceptors (Lipinski definition) is 2. The normalized spacial score (nSPS) is 18.8. The molecule has 0 aromatic heterocycles. The molecular formula is C19H23BrN2. The lowest BCUT2D eigenvalue weighted by Gasteiger charge is -2.31. The second-order valence-electron chi connectivity index (χ2n) is 6.06. The van der Waals surface area contributed by atoms with Gasteiger partial charge in [-0.05, 0) is 43.3 Å². The quantitative estimate of drug-likeness (QED) is 0.811. The molecule has 0 saturated carbocycles. The third kappa shape index (κ3) is 3.78. The van der Waals surface area contributed by atoms with Crippen LogP contribution in [-0.2, 0) is 0 Å². The van der Waals surface area contributed by atoms with Gasteiger partial charge in [-0.2, -0.15) is 0 Å². The smallest absolute Gasteiger partial charge is 0.0602 e. The highest BCUT2D eigenvalue weighted by molar-refractivity contribution is 9.10. The van der Waals surface area contributed by atoms with Crippen molar-refractivity contribution in [3.63, 3.8) is 0 Å². The lowest BCUT2D eigenvalue weighted by molar-refractivity contribution is 0.231. The summed E-state index contributed by atoms with van der Waals surface area (Å²) in [6.45, 7) is 4.60. The minimum atomic E-state index is 0.348. The van der Waals surface area contributed by atoms with Gasteiger partial charge in [-0.1, -0.05) is 58.4 Å². The summed E-state index contributed by atoms with van der Waals surface area (Å²) in [6.07, 6.45) is 1.23. The van der Waals surface area contributed by atoms with Gasteiger partial charge in [0.1, 0.15) is 0 Å². The molecule has 22 heavy (non-hydrogen) atoms. The molecule has 116 valence electrons. The first-order valence-electron chi connectivity index (χ1n) is 7.97. The highest BCUT2D eigenvalue weighted by Gasteiger charge is 2.23. The van der Waals surface area contributed by atoms with Gasteiger partial charge in [0.25, 0.3) is 0 Å². The van der Waals surface area contributed by atoms with Gasteiger partial charge in [0.05, 0.1) is 6.04 Å². The van der Waals surface area contributed by atoms with Crippen LogP contribution < -0.4 is 0 Å². The van der Waals surface area contributed by atoms with Crippen LogP contribution in [0.15, 0.2) is 59.1 Å². The first-order valence-corrected chi connectivity index (χ1v) is 8.76. The van der Waals surface area contributed by atoms with Crippen LogP contribution in [-0.4, -0.2) is 43.0 Å². The molecule has 3 rings (SSSR count).